The molecule has 0 spiro atoms. The van der Waals surface area contributed by atoms with Gasteiger partial charge in [-0.05, 0) is 65.4 Å². The van der Waals surface area contributed by atoms with Gasteiger partial charge in [-0.1, -0.05) is 61.8 Å². The van der Waals surface area contributed by atoms with E-state index in [0.717, 1.165) is 11.1 Å². The maximum atomic E-state index is 13.2. The standard InChI is InChI=1S/C31H37ClN4O3/c1-31(2,21-35-30(38)25-11-13-26(34)14-12-25)22-36(29(37)16-10-23-7-4-3-5-8-23)17-6-18-39-28-15-9-24(20-33)19-27(28)32/h3-5,7-16,19H,6,17-18,20-22,33-34H2,1-2H3,(H,35,38)/b16-10+. The van der Waals surface area contributed by atoms with Crippen molar-refractivity contribution in [1.82, 2.24) is 10.2 Å². The van der Waals surface area contributed by atoms with Crippen LogP contribution in [0.3, 0.4) is 0 Å². The Bertz CT molecular complexity index is 1260. The third-order valence-corrected chi connectivity index (χ3v) is 6.41. The number of ether oxygens (including phenoxy) is 1. The Morgan fingerprint density at radius 3 is 2.44 bits per heavy atom. The largest absolute Gasteiger partial charge is 0.492 e. The minimum absolute atomic E-state index is 0.109. The van der Waals surface area contributed by atoms with Crippen LogP contribution in [0, 0.1) is 5.41 Å². The average molecular weight is 549 g/mol. The first-order chi connectivity index (χ1) is 18.7. The number of halogens is 1. The molecule has 0 saturated carbocycles. The van der Waals surface area contributed by atoms with Crippen LogP contribution in [-0.4, -0.2) is 43.0 Å². The molecule has 5 N–H and O–H groups in total. The number of carbonyl (C=O) groups excluding carboxylic acids is 2. The number of nitrogens with one attached hydrogen (secondary N) is 1. The molecule has 0 aliphatic rings. The second-order valence-electron chi connectivity index (χ2n) is 10.1. The molecular formula is C31H37ClN4O3. The fraction of sp³-hybridized carbons (Fsp3) is 0.290. The predicted molar refractivity (Wildman–Crippen MR) is 158 cm³/mol. The van der Waals surface area contributed by atoms with Gasteiger partial charge in [-0.3, -0.25) is 9.59 Å². The van der Waals surface area contributed by atoms with E-state index < -0.39 is 0 Å². The van der Waals surface area contributed by atoms with Crippen LogP contribution in [0.4, 0.5) is 5.69 Å². The zero-order valence-corrected chi connectivity index (χ0v) is 23.3. The van der Waals surface area contributed by atoms with Crippen molar-refractivity contribution in [2.45, 2.75) is 26.8 Å². The Balaban J connectivity index is 1.62. The Morgan fingerprint density at radius 2 is 1.77 bits per heavy atom. The number of benzene rings is 3. The van der Waals surface area contributed by atoms with Crippen LogP contribution in [0.15, 0.2) is 78.9 Å². The van der Waals surface area contributed by atoms with Gasteiger partial charge in [0, 0.05) is 43.5 Å². The molecule has 3 rings (SSSR count). The summed E-state index contributed by atoms with van der Waals surface area (Å²) in [7, 11) is 0. The number of nitrogens with two attached hydrogens (primary N) is 2. The Labute approximate surface area is 235 Å². The van der Waals surface area contributed by atoms with E-state index >= 15 is 0 Å². The molecule has 206 valence electrons. The Kier molecular flexibility index (Phi) is 11.0. The summed E-state index contributed by atoms with van der Waals surface area (Å²) in [6.07, 6.45) is 4.00. The lowest BCUT2D eigenvalue weighted by molar-refractivity contribution is -0.127. The summed E-state index contributed by atoms with van der Waals surface area (Å²) in [5.41, 5.74) is 14.0. The maximum Gasteiger partial charge on any atom is 0.251 e. The van der Waals surface area contributed by atoms with Gasteiger partial charge < -0.3 is 26.4 Å². The number of amides is 2. The molecule has 0 aromatic heterocycles. The van der Waals surface area contributed by atoms with Crippen molar-refractivity contribution in [3.8, 4) is 5.75 Å². The lowest BCUT2D eigenvalue weighted by Gasteiger charge is -2.32. The lowest BCUT2D eigenvalue weighted by Crippen LogP contribution is -2.44. The van der Waals surface area contributed by atoms with Crippen LogP contribution < -0.4 is 21.5 Å². The fourth-order valence-corrected chi connectivity index (χ4v) is 4.22. The molecule has 0 aliphatic heterocycles. The number of anilines is 1. The van der Waals surface area contributed by atoms with Gasteiger partial charge in [0.1, 0.15) is 5.75 Å². The van der Waals surface area contributed by atoms with Crippen LogP contribution >= 0.6 is 11.6 Å². The molecule has 0 unspecified atom stereocenters. The molecule has 2 amide bonds. The molecule has 8 heteroatoms. The average Bonchev–Trinajstić information content (AvgIpc) is 2.93. The third kappa shape index (κ3) is 9.78. The minimum atomic E-state index is -0.387. The highest BCUT2D eigenvalue weighted by atomic mass is 35.5. The van der Waals surface area contributed by atoms with Crippen molar-refractivity contribution in [1.29, 1.82) is 0 Å². The first kappa shape index (κ1) is 29.7. The summed E-state index contributed by atoms with van der Waals surface area (Å²) >= 11 is 6.30. The molecule has 7 nitrogen and oxygen atoms in total. The van der Waals surface area contributed by atoms with Crippen molar-refractivity contribution < 1.29 is 14.3 Å². The van der Waals surface area contributed by atoms with Gasteiger partial charge in [-0.25, -0.2) is 0 Å². The van der Waals surface area contributed by atoms with Crippen LogP contribution in [0.2, 0.25) is 5.02 Å². The molecular weight excluding hydrogens is 512 g/mol. The molecule has 0 saturated heterocycles. The van der Waals surface area contributed by atoms with Crippen LogP contribution in [-0.2, 0) is 11.3 Å². The maximum absolute atomic E-state index is 13.2. The van der Waals surface area contributed by atoms with Gasteiger partial charge in [0.25, 0.3) is 5.91 Å². The van der Waals surface area contributed by atoms with E-state index in [4.69, 9.17) is 27.8 Å². The number of hydrogen-bond acceptors (Lipinski definition) is 5. The van der Waals surface area contributed by atoms with E-state index in [9.17, 15) is 9.59 Å². The number of rotatable bonds is 13. The Morgan fingerprint density at radius 1 is 1.05 bits per heavy atom. The first-order valence-corrected chi connectivity index (χ1v) is 13.3. The molecule has 0 aliphatic carbocycles. The SMILES string of the molecule is CC(C)(CNC(=O)c1ccc(N)cc1)CN(CCCOc1ccc(CN)cc1Cl)C(=O)/C=C/c1ccccc1. The number of nitrogens with zero attached hydrogens (tertiary/aromatic N) is 1. The quantitative estimate of drug-likeness (QED) is 0.155. The van der Waals surface area contributed by atoms with Crippen LogP contribution in [0.5, 0.6) is 5.75 Å². The van der Waals surface area contributed by atoms with Gasteiger partial charge in [-0.2, -0.15) is 0 Å². The molecule has 0 heterocycles. The monoisotopic (exact) mass is 548 g/mol. The summed E-state index contributed by atoms with van der Waals surface area (Å²) in [6, 6.07) is 21.9. The topological polar surface area (TPSA) is 111 Å². The molecule has 3 aromatic rings. The van der Waals surface area contributed by atoms with Gasteiger partial charge in [0.2, 0.25) is 5.91 Å². The molecule has 0 fully saturated rings. The first-order valence-electron chi connectivity index (χ1n) is 12.9. The highest BCUT2D eigenvalue weighted by Gasteiger charge is 2.25. The summed E-state index contributed by atoms with van der Waals surface area (Å²) < 4.78 is 5.87. The van der Waals surface area contributed by atoms with E-state index in [2.05, 4.69) is 5.32 Å². The fourth-order valence-electron chi connectivity index (χ4n) is 3.96. The van der Waals surface area contributed by atoms with Gasteiger partial charge >= 0.3 is 0 Å². The van der Waals surface area contributed by atoms with Gasteiger partial charge in [0.15, 0.2) is 0 Å². The predicted octanol–water partition coefficient (Wildman–Crippen LogP) is 5.15. The molecule has 0 bridgehead atoms. The van der Waals surface area contributed by atoms with E-state index in [1.165, 1.54) is 0 Å². The number of hydrogen-bond donors (Lipinski definition) is 3. The van der Waals surface area contributed by atoms with Crippen molar-refractivity contribution in [3.05, 3.63) is 101 Å². The van der Waals surface area contributed by atoms with Crippen molar-refractivity contribution >= 4 is 35.2 Å². The van der Waals surface area contributed by atoms with Gasteiger partial charge in [0.05, 0.1) is 11.6 Å². The molecule has 39 heavy (non-hydrogen) atoms. The van der Waals surface area contributed by atoms with Crippen LogP contribution in [0.1, 0.15) is 41.8 Å². The van der Waals surface area contributed by atoms with E-state index in [1.807, 2.05) is 56.3 Å². The van der Waals surface area contributed by atoms with Crippen molar-refractivity contribution in [2.24, 2.45) is 11.1 Å². The highest BCUT2D eigenvalue weighted by Crippen LogP contribution is 2.25. The third-order valence-electron chi connectivity index (χ3n) is 6.11. The van der Waals surface area contributed by atoms with E-state index in [1.54, 1.807) is 47.4 Å². The van der Waals surface area contributed by atoms with Crippen molar-refractivity contribution in [2.75, 3.05) is 32.0 Å². The molecule has 0 radical (unpaired) electrons. The minimum Gasteiger partial charge on any atom is -0.492 e. The summed E-state index contributed by atoms with van der Waals surface area (Å²) in [4.78, 5) is 27.6. The summed E-state index contributed by atoms with van der Waals surface area (Å²) in [6.45, 7) is 6.15. The number of nitrogen functional groups attached to an aromatic ring is 1. The second kappa shape index (κ2) is 14.4. The van der Waals surface area contributed by atoms with E-state index in [-0.39, 0.29) is 17.2 Å². The Hall–Kier alpha value is -3.81. The zero-order chi connectivity index (χ0) is 28.3. The summed E-state index contributed by atoms with van der Waals surface area (Å²) in [5.74, 6) is 0.291. The molecule has 3 aromatic carbocycles. The number of carbonyl (C=O) groups is 2. The normalized spacial score (nSPS) is 11.4. The van der Waals surface area contributed by atoms with Gasteiger partial charge in [-0.15, -0.1) is 0 Å². The lowest BCUT2D eigenvalue weighted by atomic mass is 9.92. The van der Waals surface area contributed by atoms with Crippen molar-refractivity contribution in [3.63, 3.8) is 0 Å². The highest BCUT2D eigenvalue weighted by molar-refractivity contribution is 6.32. The van der Waals surface area contributed by atoms with E-state index in [0.29, 0.717) is 61.2 Å². The second-order valence-corrected chi connectivity index (χ2v) is 10.6. The smallest absolute Gasteiger partial charge is 0.251 e. The molecule has 0 atom stereocenters. The van der Waals surface area contributed by atoms with Crippen LogP contribution in [0.25, 0.3) is 6.08 Å². The zero-order valence-electron chi connectivity index (χ0n) is 22.5. The summed E-state index contributed by atoms with van der Waals surface area (Å²) in [5, 5.41) is 3.49.